The van der Waals surface area contributed by atoms with Crippen LogP contribution in [0.2, 0.25) is 0 Å². The van der Waals surface area contributed by atoms with Gasteiger partial charge in [-0.05, 0) is 43.7 Å². The summed E-state index contributed by atoms with van der Waals surface area (Å²) in [6, 6.07) is 11.7. The predicted octanol–water partition coefficient (Wildman–Crippen LogP) is 5.06. The number of nitrogens with zero attached hydrogens (tertiary/aromatic N) is 4. The number of nitrogens with two attached hydrogens (primary N) is 1. The quantitative estimate of drug-likeness (QED) is 0.509. The maximum Gasteiger partial charge on any atom is 0.426 e. The molecule has 1 fully saturated rings. The average molecular weight is 473 g/mol. The fraction of sp³-hybridized carbons (Fsp3) is 0.458. The summed E-state index contributed by atoms with van der Waals surface area (Å²) in [7, 11) is 0. The Morgan fingerprint density at radius 3 is 2.59 bits per heavy atom. The van der Waals surface area contributed by atoms with E-state index in [0.29, 0.717) is 12.2 Å². The molecule has 4 heterocycles. The molecule has 180 valence electrons. The van der Waals surface area contributed by atoms with E-state index in [-0.39, 0.29) is 29.7 Å². The van der Waals surface area contributed by atoms with E-state index in [9.17, 15) is 18.3 Å². The van der Waals surface area contributed by atoms with Crippen LogP contribution in [-0.2, 0) is 5.60 Å². The van der Waals surface area contributed by atoms with Crippen molar-refractivity contribution < 1.29 is 22.7 Å². The molecule has 3 N–H and O–H groups in total. The molecule has 4 bridgehead atoms. The molecule has 3 aromatic rings. The third kappa shape index (κ3) is 3.89. The molecule has 0 amide bonds. The molecule has 0 aliphatic carbocycles. The van der Waals surface area contributed by atoms with Gasteiger partial charge in [-0.1, -0.05) is 43.2 Å². The van der Waals surface area contributed by atoms with Crippen LogP contribution < -0.4 is 10.6 Å². The molecule has 10 heteroatoms. The third-order valence-corrected chi connectivity index (χ3v) is 6.79. The van der Waals surface area contributed by atoms with Crippen LogP contribution in [0.5, 0.6) is 0 Å². The van der Waals surface area contributed by atoms with Crippen LogP contribution in [0.1, 0.15) is 50.8 Å². The third-order valence-electron chi connectivity index (χ3n) is 6.79. The van der Waals surface area contributed by atoms with Gasteiger partial charge in [0.2, 0.25) is 5.60 Å². The van der Waals surface area contributed by atoms with E-state index in [2.05, 4.69) is 15.1 Å². The number of benzene rings is 1. The summed E-state index contributed by atoms with van der Waals surface area (Å²) in [5.41, 5.74) is 5.18. The molecule has 0 saturated carbocycles. The first-order chi connectivity index (χ1) is 16.3. The lowest BCUT2D eigenvalue weighted by atomic mass is 9.94. The highest BCUT2D eigenvalue weighted by atomic mass is 19.4. The molecule has 2 atom stereocenters. The van der Waals surface area contributed by atoms with Crippen molar-refractivity contribution >= 4 is 11.5 Å². The molecule has 5 rings (SSSR count). The number of hydrogen-bond donors (Lipinski definition) is 2. The molecule has 2 aliphatic rings. The molecular weight excluding hydrogens is 447 g/mol. The number of nitrogen functional groups attached to an aromatic ring is 1. The van der Waals surface area contributed by atoms with Crippen LogP contribution in [0.15, 0.2) is 40.8 Å². The van der Waals surface area contributed by atoms with Gasteiger partial charge < -0.3 is 20.2 Å². The van der Waals surface area contributed by atoms with Gasteiger partial charge in [-0.25, -0.2) is 4.98 Å². The van der Waals surface area contributed by atoms with Gasteiger partial charge in [-0.15, -0.1) is 10.2 Å². The minimum atomic E-state index is -4.96. The largest absolute Gasteiger partial charge is 0.426 e. The van der Waals surface area contributed by atoms with Gasteiger partial charge in [0, 0.05) is 18.2 Å². The van der Waals surface area contributed by atoms with Crippen molar-refractivity contribution in [2.24, 2.45) is 0 Å². The highest BCUT2D eigenvalue weighted by Gasteiger charge is 2.58. The van der Waals surface area contributed by atoms with E-state index >= 15 is 0 Å². The first kappa shape index (κ1) is 22.6. The Bertz CT molecular complexity index is 1170. The fourth-order valence-electron chi connectivity index (χ4n) is 4.95. The lowest BCUT2D eigenvalue weighted by Crippen LogP contribution is -2.42. The number of aliphatic hydroxyl groups is 1. The van der Waals surface area contributed by atoms with E-state index in [1.165, 1.54) is 0 Å². The van der Waals surface area contributed by atoms with E-state index in [1.54, 1.807) is 6.07 Å². The van der Waals surface area contributed by atoms with Crippen molar-refractivity contribution in [1.82, 2.24) is 15.2 Å². The standard InChI is InChI=1S/C24H26F3N5O2/c25-24(26,27)23(33)12-6-2-5-10-16-11-7-13-32(16)20-17(15-8-3-1-4-9-15)14-18(28)19(29-20)21-30-31-22(23)34-21/h1,3-4,8-9,14,16,33H,2,5-7,10-13,28H2/t16-,23?/m1/s1. The Morgan fingerprint density at radius 2 is 1.82 bits per heavy atom. The van der Waals surface area contributed by atoms with Crippen molar-refractivity contribution in [3.63, 3.8) is 0 Å². The molecular formula is C24H26F3N5O2. The highest BCUT2D eigenvalue weighted by Crippen LogP contribution is 2.44. The fourth-order valence-corrected chi connectivity index (χ4v) is 4.95. The Morgan fingerprint density at radius 1 is 1.06 bits per heavy atom. The first-order valence-corrected chi connectivity index (χ1v) is 11.5. The SMILES string of the molecule is Nc1cc(-c2ccccc2)c2nc1-c1nnc(o1)C(O)(C(F)(F)F)CCCCC[C@@H]1CCCN21. The van der Waals surface area contributed by atoms with Crippen molar-refractivity contribution in [1.29, 1.82) is 0 Å². The second-order valence-electron chi connectivity index (χ2n) is 9.02. The topological polar surface area (TPSA) is 101 Å². The van der Waals surface area contributed by atoms with Crippen LogP contribution in [-0.4, -0.2) is 39.1 Å². The van der Waals surface area contributed by atoms with Crippen LogP contribution in [0.4, 0.5) is 24.7 Å². The second-order valence-corrected chi connectivity index (χ2v) is 9.02. The Hall–Kier alpha value is -3.14. The molecule has 2 aliphatic heterocycles. The lowest BCUT2D eigenvalue weighted by molar-refractivity contribution is -0.277. The van der Waals surface area contributed by atoms with Gasteiger partial charge in [0.15, 0.2) is 5.69 Å². The number of alkyl halides is 3. The zero-order valence-corrected chi connectivity index (χ0v) is 18.6. The average Bonchev–Trinajstić information content (AvgIpc) is 3.48. The number of hydrogen-bond acceptors (Lipinski definition) is 7. The van der Waals surface area contributed by atoms with Crippen LogP contribution in [0.25, 0.3) is 22.7 Å². The molecule has 34 heavy (non-hydrogen) atoms. The maximum absolute atomic E-state index is 13.9. The molecule has 1 unspecified atom stereocenters. The molecule has 7 nitrogen and oxygen atoms in total. The summed E-state index contributed by atoms with van der Waals surface area (Å²) < 4.78 is 47.0. The van der Waals surface area contributed by atoms with Crippen LogP contribution in [0.3, 0.4) is 0 Å². The monoisotopic (exact) mass is 473 g/mol. The molecule has 1 aromatic carbocycles. The lowest BCUT2D eigenvalue weighted by Gasteiger charge is -2.29. The van der Waals surface area contributed by atoms with Crippen LogP contribution >= 0.6 is 0 Å². The summed E-state index contributed by atoms with van der Waals surface area (Å²) in [4.78, 5) is 7.04. The van der Waals surface area contributed by atoms with Gasteiger partial charge in [0.05, 0.1) is 5.69 Å². The van der Waals surface area contributed by atoms with E-state index in [4.69, 9.17) is 15.1 Å². The Labute approximate surface area is 194 Å². The molecule has 0 spiro atoms. The van der Waals surface area contributed by atoms with E-state index in [0.717, 1.165) is 43.4 Å². The van der Waals surface area contributed by atoms with Gasteiger partial charge >= 0.3 is 6.18 Å². The summed E-state index contributed by atoms with van der Waals surface area (Å²) in [5, 5.41) is 18.0. The summed E-state index contributed by atoms with van der Waals surface area (Å²) in [6.07, 6.45) is -1.22. The van der Waals surface area contributed by atoms with Gasteiger partial charge in [0.25, 0.3) is 11.8 Å². The maximum atomic E-state index is 13.9. The smallest absolute Gasteiger partial charge is 0.416 e. The number of anilines is 2. The number of halogens is 3. The predicted molar refractivity (Wildman–Crippen MR) is 121 cm³/mol. The summed E-state index contributed by atoms with van der Waals surface area (Å²) in [5.74, 6) is -0.439. The van der Waals surface area contributed by atoms with Gasteiger partial charge in [-0.3, -0.25) is 0 Å². The number of pyridine rings is 1. The van der Waals surface area contributed by atoms with Crippen molar-refractivity contribution in [2.75, 3.05) is 17.2 Å². The van der Waals surface area contributed by atoms with E-state index in [1.807, 2.05) is 30.3 Å². The molecule has 2 aromatic heterocycles. The molecule has 0 radical (unpaired) electrons. The Balaban J connectivity index is 1.69. The number of rotatable bonds is 1. The normalized spacial score (nSPS) is 23.4. The van der Waals surface area contributed by atoms with Crippen LogP contribution in [0, 0.1) is 0 Å². The summed E-state index contributed by atoms with van der Waals surface area (Å²) in [6.45, 7) is 0.823. The number of aromatic nitrogens is 3. The van der Waals surface area contributed by atoms with Crippen molar-refractivity contribution in [3.05, 3.63) is 42.3 Å². The first-order valence-electron chi connectivity index (χ1n) is 11.5. The zero-order chi connectivity index (χ0) is 23.9. The Kier molecular flexibility index (Phi) is 5.71. The minimum absolute atomic E-state index is 0.112. The molecule has 1 saturated heterocycles. The number of fused-ring (bicyclic) bond motifs is 7. The summed E-state index contributed by atoms with van der Waals surface area (Å²) >= 11 is 0. The van der Waals surface area contributed by atoms with Gasteiger partial charge in [0.1, 0.15) is 5.82 Å². The second kappa shape index (κ2) is 8.57. The highest BCUT2D eigenvalue weighted by molar-refractivity contribution is 5.83. The van der Waals surface area contributed by atoms with Crippen molar-refractivity contribution in [3.8, 4) is 22.7 Å². The minimum Gasteiger partial charge on any atom is -0.416 e. The zero-order valence-electron chi connectivity index (χ0n) is 18.6. The van der Waals surface area contributed by atoms with Crippen molar-refractivity contribution in [2.45, 2.75) is 62.8 Å². The van der Waals surface area contributed by atoms with E-state index < -0.39 is 24.1 Å². The van der Waals surface area contributed by atoms with Gasteiger partial charge in [-0.2, -0.15) is 13.2 Å².